The quantitative estimate of drug-likeness (QED) is 0.854. The molecule has 1 heterocycles. The molecule has 0 atom stereocenters. The van der Waals surface area contributed by atoms with Gasteiger partial charge in [-0.05, 0) is 48.5 Å². The van der Waals surface area contributed by atoms with Crippen LogP contribution in [0.4, 0.5) is 10.1 Å². The lowest BCUT2D eigenvalue weighted by Crippen LogP contribution is -2.27. The number of carbonyl (C=O) groups is 1. The average molecular weight is 379 g/mol. The summed E-state index contributed by atoms with van der Waals surface area (Å²) in [5, 5.41) is 3.24. The number of aliphatic imine (C=N–C) groups is 1. The van der Waals surface area contributed by atoms with Gasteiger partial charge in [-0.15, -0.1) is 0 Å². The molecule has 0 aliphatic carbocycles. The summed E-state index contributed by atoms with van der Waals surface area (Å²) < 4.78 is 39.9. The van der Waals surface area contributed by atoms with Crippen molar-refractivity contribution in [3.05, 3.63) is 59.9 Å². The van der Waals surface area contributed by atoms with Crippen LogP contribution in [0, 0.1) is 5.82 Å². The number of hydrogen-bond donors (Lipinski definition) is 2. The molecular weight excluding hydrogens is 365 g/mol. The predicted octanol–water partition coefficient (Wildman–Crippen LogP) is 2.46. The van der Waals surface area contributed by atoms with Crippen molar-refractivity contribution < 1.29 is 17.6 Å². The summed E-state index contributed by atoms with van der Waals surface area (Å²) in [5.41, 5.74) is 0.579. The largest absolute Gasteiger partial charge is 0.301 e. The first-order chi connectivity index (χ1) is 11.9. The molecule has 3 rings (SSSR count). The minimum absolute atomic E-state index is 0.000886. The van der Waals surface area contributed by atoms with Gasteiger partial charge in [0.25, 0.3) is 15.9 Å². The van der Waals surface area contributed by atoms with Crippen LogP contribution in [0.5, 0.6) is 0 Å². The predicted molar refractivity (Wildman–Crippen MR) is 95.9 cm³/mol. The average Bonchev–Trinajstić information content (AvgIpc) is 3.10. The van der Waals surface area contributed by atoms with Crippen molar-refractivity contribution >= 4 is 38.5 Å². The first kappa shape index (κ1) is 17.4. The molecular formula is C16H14FN3O3S2. The topological polar surface area (TPSA) is 87.6 Å². The van der Waals surface area contributed by atoms with Gasteiger partial charge in [0.05, 0.1) is 11.4 Å². The molecule has 0 spiro atoms. The number of sulfonamides is 1. The first-order valence-corrected chi connectivity index (χ1v) is 9.78. The second-order valence-electron chi connectivity index (χ2n) is 5.13. The number of nitrogens with zero attached hydrogens (tertiary/aromatic N) is 1. The molecule has 0 saturated carbocycles. The fourth-order valence-corrected chi connectivity index (χ4v) is 3.88. The summed E-state index contributed by atoms with van der Waals surface area (Å²) in [4.78, 5) is 16.2. The van der Waals surface area contributed by atoms with E-state index in [9.17, 15) is 17.6 Å². The molecule has 25 heavy (non-hydrogen) atoms. The van der Waals surface area contributed by atoms with E-state index in [1.165, 1.54) is 48.2 Å². The van der Waals surface area contributed by atoms with Crippen molar-refractivity contribution in [3.63, 3.8) is 0 Å². The van der Waals surface area contributed by atoms with Gasteiger partial charge in [-0.3, -0.25) is 14.5 Å². The van der Waals surface area contributed by atoms with E-state index in [0.29, 0.717) is 17.3 Å². The Morgan fingerprint density at radius 2 is 1.76 bits per heavy atom. The van der Waals surface area contributed by atoms with Crippen LogP contribution in [-0.4, -0.2) is 31.8 Å². The summed E-state index contributed by atoms with van der Waals surface area (Å²) >= 11 is 1.46. The van der Waals surface area contributed by atoms with Crippen molar-refractivity contribution in [1.82, 2.24) is 5.32 Å². The number of amides is 1. The first-order valence-electron chi connectivity index (χ1n) is 7.31. The van der Waals surface area contributed by atoms with Gasteiger partial charge in [0.2, 0.25) is 0 Å². The minimum Gasteiger partial charge on any atom is -0.301 e. The Balaban J connectivity index is 1.72. The van der Waals surface area contributed by atoms with E-state index in [2.05, 4.69) is 15.0 Å². The smallest absolute Gasteiger partial charge is 0.261 e. The highest BCUT2D eigenvalue weighted by atomic mass is 32.2. The van der Waals surface area contributed by atoms with Crippen LogP contribution in [0.1, 0.15) is 10.4 Å². The highest BCUT2D eigenvalue weighted by molar-refractivity contribution is 8.14. The van der Waals surface area contributed by atoms with Crippen LogP contribution in [0.15, 0.2) is 58.4 Å². The van der Waals surface area contributed by atoms with Gasteiger partial charge in [0.15, 0.2) is 5.17 Å². The van der Waals surface area contributed by atoms with E-state index in [-0.39, 0.29) is 16.5 Å². The zero-order valence-electron chi connectivity index (χ0n) is 12.9. The molecule has 0 fully saturated rings. The molecule has 130 valence electrons. The van der Waals surface area contributed by atoms with Crippen LogP contribution in [0.3, 0.4) is 0 Å². The van der Waals surface area contributed by atoms with Crippen LogP contribution < -0.4 is 10.0 Å². The fourth-order valence-electron chi connectivity index (χ4n) is 2.10. The highest BCUT2D eigenvalue weighted by Gasteiger charge is 2.16. The van der Waals surface area contributed by atoms with Gasteiger partial charge < -0.3 is 5.32 Å². The number of nitrogens with one attached hydrogen (secondary N) is 2. The molecule has 6 nitrogen and oxygen atoms in total. The number of anilines is 1. The lowest BCUT2D eigenvalue weighted by molar-refractivity contribution is 0.0978. The van der Waals surface area contributed by atoms with Crippen molar-refractivity contribution in [2.24, 2.45) is 4.99 Å². The summed E-state index contributed by atoms with van der Waals surface area (Å²) in [5.74, 6) is 0.0360. The fraction of sp³-hybridized carbons (Fsp3) is 0.125. The molecule has 1 amide bonds. The van der Waals surface area contributed by atoms with Gasteiger partial charge in [-0.25, -0.2) is 12.8 Å². The Hall–Kier alpha value is -2.39. The molecule has 0 bridgehead atoms. The number of benzene rings is 2. The van der Waals surface area contributed by atoms with E-state index in [1.807, 2.05) is 0 Å². The molecule has 0 aromatic heterocycles. The summed E-state index contributed by atoms with van der Waals surface area (Å²) in [6, 6.07) is 10.5. The number of halogens is 1. The number of rotatable bonds is 4. The number of amidine groups is 1. The molecule has 2 N–H and O–H groups in total. The second kappa shape index (κ2) is 7.24. The third kappa shape index (κ3) is 4.37. The van der Waals surface area contributed by atoms with E-state index in [4.69, 9.17) is 0 Å². The van der Waals surface area contributed by atoms with Crippen LogP contribution >= 0.6 is 11.8 Å². The number of carbonyl (C=O) groups excluding carboxylic acids is 1. The Labute approximate surface area is 148 Å². The van der Waals surface area contributed by atoms with Crippen LogP contribution in [0.25, 0.3) is 0 Å². The monoisotopic (exact) mass is 379 g/mol. The SMILES string of the molecule is O=C(NC1=NCCS1)c1ccc(S(=O)(=O)Nc2ccc(F)cc2)cc1. The van der Waals surface area contributed by atoms with Crippen LogP contribution in [0.2, 0.25) is 0 Å². The third-order valence-corrected chi connectivity index (χ3v) is 5.62. The van der Waals surface area contributed by atoms with Gasteiger partial charge in [-0.1, -0.05) is 11.8 Å². The highest BCUT2D eigenvalue weighted by Crippen LogP contribution is 2.17. The third-order valence-electron chi connectivity index (χ3n) is 3.33. The Kier molecular flexibility index (Phi) is 5.05. The molecule has 0 saturated heterocycles. The van der Waals surface area contributed by atoms with E-state index >= 15 is 0 Å². The lowest BCUT2D eigenvalue weighted by Gasteiger charge is -2.09. The molecule has 2 aromatic carbocycles. The Morgan fingerprint density at radius 3 is 2.36 bits per heavy atom. The molecule has 1 aliphatic heterocycles. The Bertz CT molecular complexity index is 911. The molecule has 1 aliphatic rings. The maximum absolute atomic E-state index is 12.9. The maximum Gasteiger partial charge on any atom is 0.261 e. The van der Waals surface area contributed by atoms with Crippen molar-refractivity contribution in [2.75, 3.05) is 17.0 Å². The maximum atomic E-state index is 12.9. The van der Waals surface area contributed by atoms with E-state index < -0.39 is 15.8 Å². The van der Waals surface area contributed by atoms with Gasteiger partial charge in [-0.2, -0.15) is 0 Å². The van der Waals surface area contributed by atoms with Crippen molar-refractivity contribution in [3.8, 4) is 0 Å². The zero-order chi connectivity index (χ0) is 17.9. The van der Waals surface area contributed by atoms with Crippen LogP contribution in [-0.2, 0) is 10.0 Å². The zero-order valence-corrected chi connectivity index (χ0v) is 14.5. The summed E-state index contributed by atoms with van der Waals surface area (Å²) in [7, 11) is -3.82. The van der Waals surface area contributed by atoms with Crippen molar-refractivity contribution in [2.45, 2.75) is 4.90 Å². The van der Waals surface area contributed by atoms with Gasteiger partial charge >= 0.3 is 0 Å². The summed E-state index contributed by atoms with van der Waals surface area (Å²) in [6.45, 7) is 0.673. The normalized spacial score (nSPS) is 14.0. The van der Waals surface area contributed by atoms with E-state index in [1.54, 1.807) is 0 Å². The standard InChI is InChI=1S/C16H14FN3O3S2/c17-12-3-5-13(6-4-12)20-25(22,23)14-7-1-11(2-8-14)15(21)19-16-18-9-10-24-16/h1-8,20H,9-10H2,(H,18,19,21). The lowest BCUT2D eigenvalue weighted by atomic mass is 10.2. The minimum atomic E-state index is -3.82. The number of hydrogen-bond acceptors (Lipinski definition) is 5. The van der Waals surface area contributed by atoms with Gasteiger partial charge in [0.1, 0.15) is 5.82 Å². The second-order valence-corrected chi connectivity index (χ2v) is 7.89. The molecule has 0 radical (unpaired) electrons. The molecule has 0 unspecified atom stereocenters. The van der Waals surface area contributed by atoms with Crippen molar-refractivity contribution in [1.29, 1.82) is 0 Å². The van der Waals surface area contributed by atoms with Gasteiger partial charge in [0, 0.05) is 17.0 Å². The van der Waals surface area contributed by atoms with E-state index in [0.717, 1.165) is 17.9 Å². The molecule has 9 heteroatoms. The summed E-state index contributed by atoms with van der Waals surface area (Å²) in [6.07, 6.45) is 0. The molecule has 2 aromatic rings. The Morgan fingerprint density at radius 1 is 1.08 bits per heavy atom. The number of thioether (sulfide) groups is 1.